The summed E-state index contributed by atoms with van der Waals surface area (Å²) < 4.78 is 5.44. The SMILES string of the molecule is C=C/C=c1/c(/C=C\C)c(C=C)oc1=C. The molecule has 0 atom stereocenters. The molecule has 0 unspecified atom stereocenters. The quantitative estimate of drug-likeness (QED) is 0.706. The van der Waals surface area contributed by atoms with E-state index in [-0.39, 0.29) is 0 Å². The van der Waals surface area contributed by atoms with Gasteiger partial charge >= 0.3 is 0 Å². The van der Waals surface area contributed by atoms with Gasteiger partial charge in [0.25, 0.3) is 0 Å². The van der Waals surface area contributed by atoms with Gasteiger partial charge in [0.2, 0.25) is 0 Å². The molecule has 1 rings (SSSR count). The normalized spacial score (nSPS) is 12.2. The van der Waals surface area contributed by atoms with Crippen LogP contribution in [0.1, 0.15) is 18.2 Å². The van der Waals surface area contributed by atoms with Gasteiger partial charge in [-0.15, -0.1) is 0 Å². The summed E-state index contributed by atoms with van der Waals surface area (Å²) in [7, 11) is 0. The molecule has 72 valence electrons. The zero-order chi connectivity index (χ0) is 10.6. The summed E-state index contributed by atoms with van der Waals surface area (Å²) in [5, 5.41) is 0.966. The van der Waals surface area contributed by atoms with Gasteiger partial charge in [0.1, 0.15) is 11.2 Å². The van der Waals surface area contributed by atoms with E-state index in [0.29, 0.717) is 5.42 Å². The van der Waals surface area contributed by atoms with Crippen molar-refractivity contribution in [2.75, 3.05) is 0 Å². The molecule has 1 heterocycles. The Morgan fingerprint density at radius 1 is 1.29 bits per heavy atom. The fourth-order valence-corrected chi connectivity index (χ4v) is 1.32. The van der Waals surface area contributed by atoms with Crippen LogP contribution >= 0.6 is 0 Å². The number of furan rings is 1. The molecule has 0 bridgehead atoms. The van der Waals surface area contributed by atoms with Gasteiger partial charge in [-0.05, 0) is 13.0 Å². The van der Waals surface area contributed by atoms with Crippen LogP contribution in [0.4, 0.5) is 0 Å². The van der Waals surface area contributed by atoms with Crippen molar-refractivity contribution in [1.82, 2.24) is 0 Å². The second-order valence-electron chi connectivity index (χ2n) is 2.82. The van der Waals surface area contributed by atoms with Crippen LogP contribution in [0.25, 0.3) is 24.8 Å². The van der Waals surface area contributed by atoms with Gasteiger partial charge < -0.3 is 4.42 Å². The third kappa shape index (κ3) is 1.77. The zero-order valence-corrected chi connectivity index (χ0v) is 8.42. The first-order chi connectivity index (χ1) is 6.74. The maximum atomic E-state index is 5.44. The lowest BCUT2D eigenvalue weighted by atomic mass is 10.1. The highest BCUT2D eigenvalue weighted by atomic mass is 16.3. The molecule has 0 saturated carbocycles. The molecule has 1 aromatic rings. The van der Waals surface area contributed by atoms with Crippen molar-refractivity contribution in [1.29, 1.82) is 0 Å². The number of rotatable bonds is 3. The topological polar surface area (TPSA) is 13.1 Å². The van der Waals surface area contributed by atoms with E-state index in [1.807, 2.05) is 25.2 Å². The van der Waals surface area contributed by atoms with Crippen molar-refractivity contribution in [2.24, 2.45) is 0 Å². The van der Waals surface area contributed by atoms with Crippen molar-refractivity contribution in [3.8, 4) is 0 Å². The van der Waals surface area contributed by atoms with Crippen molar-refractivity contribution in [3.63, 3.8) is 0 Å². The van der Waals surface area contributed by atoms with Crippen LogP contribution in [0.3, 0.4) is 0 Å². The molecule has 0 aliphatic heterocycles. The molecule has 14 heavy (non-hydrogen) atoms. The Hall–Kier alpha value is -1.76. The van der Waals surface area contributed by atoms with Crippen LogP contribution in [-0.2, 0) is 0 Å². The lowest BCUT2D eigenvalue weighted by Crippen LogP contribution is -2.19. The summed E-state index contributed by atoms with van der Waals surface area (Å²) in [4.78, 5) is 0. The van der Waals surface area contributed by atoms with E-state index in [1.54, 1.807) is 12.2 Å². The van der Waals surface area contributed by atoms with E-state index in [0.717, 1.165) is 16.5 Å². The lowest BCUT2D eigenvalue weighted by molar-refractivity contribution is 0.523. The highest BCUT2D eigenvalue weighted by Crippen LogP contribution is 2.05. The Morgan fingerprint density at radius 3 is 2.50 bits per heavy atom. The third-order valence-corrected chi connectivity index (χ3v) is 1.89. The minimum atomic E-state index is 0.646. The molecule has 0 amide bonds. The molecule has 1 nitrogen and oxygen atoms in total. The Morgan fingerprint density at radius 2 is 2.00 bits per heavy atom. The molecule has 0 spiro atoms. The molecular formula is C13H14O. The van der Waals surface area contributed by atoms with E-state index < -0.39 is 0 Å². The zero-order valence-electron chi connectivity index (χ0n) is 8.42. The molecule has 0 aliphatic carbocycles. The van der Waals surface area contributed by atoms with Crippen molar-refractivity contribution < 1.29 is 4.42 Å². The molecule has 0 aromatic carbocycles. The van der Waals surface area contributed by atoms with Crippen molar-refractivity contribution in [3.05, 3.63) is 47.3 Å². The van der Waals surface area contributed by atoms with Crippen LogP contribution in [-0.4, -0.2) is 0 Å². The Balaban J connectivity index is 3.63. The number of hydrogen-bond acceptors (Lipinski definition) is 1. The molecule has 1 heteroatoms. The fourth-order valence-electron chi connectivity index (χ4n) is 1.32. The van der Waals surface area contributed by atoms with Gasteiger partial charge in [-0.1, -0.05) is 44.0 Å². The minimum Gasteiger partial charge on any atom is -0.457 e. The summed E-state index contributed by atoms with van der Waals surface area (Å²) >= 11 is 0. The van der Waals surface area contributed by atoms with Crippen LogP contribution in [0.5, 0.6) is 0 Å². The smallest absolute Gasteiger partial charge is 0.134 e. The van der Waals surface area contributed by atoms with Gasteiger partial charge in [0.05, 0.1) is 0 Å². The standard InChI is InChI=1S/C13H14O/c1-5-8-11-10(4)14-13(7-3)12(11)9-6-2/h5-9H,1,3-4H2,2H3/b9-6-,11-8+. The third-order valence-electron chi connectivity index (χ3n) is 1.89. The van der Waals surface area contributed by atoms with Crippen molar-refractivity contribution in [2.45, 2.75) is 6.92 Å². The van der Waals surface area contributed by atoms with Gasteiger partial charge in [-0.3, -0.25) is 0 Å². The fraction of sp³-hybridized carbons (Fsp3) is 0.0769. The monoisotopic (exact) mass is 186 g/mol. The average Bonchev–Trinajstić information content (AvgIpc) is 2.47. The van der Waals surface area contributed by atoms with Gasteiger partial charge in [0, 0.05) is 10.8 Å². The maximum absolute atomic E-state index is 5.44. The van der Waals surface area contributed by atoms with E-state index in [9.17, 15) is 0 Å². The molecule has 0 aliphatic rings. The summed E-state index contributed by atoms with van der Waals surface area (Å²) in [6.45, 7) is 13.1. The summed E-state index contributed by atoms with van der Waals surface area (Å²) in [5.41, 5.74) is 1.65. The number of hydrogen-bond donors (Lipinski definition) is 0. The summed E-state index contributed by atoms with van der Waals surface area (Å²) in [6, 6.07) is 0. The Bertz CT molecular complexity index is 472. The number of allylic oxidation sites excluding steroid dienone is 2. The summed E-state index contributed by atoms with van der Waals surface area (Å²) in [5.74, 6) is 0.751. The molecule has 1 aromatic heterocycles. The second kappa shape index (κ2) is 4.47. The molecule has 0 saturated heterocycles. The van der Waals surface area contributed by atoms with Crippen LogP contribution < -0.4 is 10.6 Å². The van der Waals surface area contributed by atoms with Gasteiger partial charge in [-0.25, -0.2) is 0 Å². The predicted octanol–water partition coefficient (Wildman–Crippen LogP) is 2.33. The molecule has 0 radical (unpaired) electrons. The first-order valence-electron chi connectivity index (χ1n) is 4.44. The van der Waals surface area contributed by atoms with E-state index in [1.165, 1.54) is 0 Å². The molecular weight excluding hydrogens is 172 g/mol. The van der Waals surface area contributed by atoms with Crippen molar-refractivity contribution >= 4 is 24.8 Å². The van der Waals surface area contributed by atoms with Gasteiger partial charge in [0.15, 0.2) is 0 Å². The van der Waals surface area contributed by atoms with Crippen LogP contribution in [0.2, 0.25) is 0 Å². The second-order valence-corrected chi connectivity index (χ2v) is 2.82. The minimum absolute atomic E-state index is 0.646. The highest BCUT2D eigenvalue weighted by molar-refractivity contribution is 5.63. The van der Waals surface area contributed by atoms with E-state index >= 15 is 0 Å². The molecule has 0 fully saturated rings. The largest absolute Gasteiger partial charge is 0.457 e. The van der Waals surface area contributed by atoms with E-state index in [4.69, 9.17) is 4.42 Å². The Labute approximate surface area is 84.1 Å². The van der Waals surface area contributed by atoms with Crippen LogP contribution in [0, 0.1) is 0 Å². The predicted molar refractivity (Wildman–Crippen MR) is 62.9 cm³/mol. The van der Waals surface area contributed by atoms with Crippen LogP contribution in [0.15, 0.2) is 29.7 Å². The average molecular weight is 186 g/mol. The first kappa shape index (κ1) is 10.3. The first-order valence-corrected chi connectivity index (χ1v) is 4.44. The highest BCUT2D eigenvalue weighted by Gasteiger charge is 2.03. The lowest BCUT2D eigenvalue weighted by Gasteiger charge is -1.87. The van der Waals surface area contributed by atoms with Gasteiger partial charge in [-0.2, -0.15) is 0 Å². The molecule has 0 N–H and O–H groups in total. The Kier molecular flexibility index (Phi) is 3.29. The maximum Gasteiger partial charge on any atom is 0.134 e. The summed E-state index contributed by atoms with van der Waals surface area (Å²) in [6.07, 6.45) is 9.22. The van der Waals surface area contributed by atoms with E-state index in [2.05, 4.69) is 19.7 Å².